The third-order valence-electron chi connectivity index (χ3n) is 2.87. The molecule has 1 amide bonds. The van der Waals surface area contributed by atoms with Gasteiger partial charge in [-0.25, -0.2) is 0 Å². The fourth-order valence-electron chi connectivity index (χ4n) is 1.80. The highest BCUT2D eigenvalue weighted by Gasteiger charge is 2.14. The number of rotatable bonds is 5. The van der Waals surface area contributed by atoms with Crippen molar-refractivity contribution in [1.29, 1.82) is 0 Å². The normalized spacial score (nSPS) is 10.2. The first-order valence-corrected chi connectivity index (χ1v) is 7.11. The summed E-state index contributed by atoms with van der Waals surface area (Å²) in [5.74, 6) is 0.148. The number of halogens is 1. The van der Waals surface area contributed by atoms with Gasteiger partial charge in [0.1, 0.15) is 0 Å². The molecule has 100 valence electrons. The minimum Gasteiger partial charge on any atom is -0.399 e. The van der Waals surface area contributed by atoms with Crippen molar-refractivity contribution in [3.63, 3.8) is 0 Å². The highest BCUT2D eigenvalue weighted by molar-refractivity contribution is 14.1. The first kappa shape index (κ1) is 15.1. The zero-order valence-electron chi connectivity index (χ0n) is 11.1. The van der Waals surface area contributed by atoms with Crippen LogP contribution in [-0.2, 0) is 4.79 Å². The third kappa shape index (κ3) is 3.76. The van der Waals surface area contributed by atoms with Crippen molar-refractivity contribution in [2.75, 3.05) is 37.3 Å². The van der Waals surface area contributed by atoms with Crippen LogP contribution in [0.25, 0.3) is 0 Å². The van der Waals surface area contributed by atoms with Crippen LogP contribution in [-0.4, -0.2) is 37.5 Å². The number of nitrogens with zero attached hydrogens (tertiary/aromatic N) is 2. The summed E-state index contributed by atoms with van der Waals surface area (Å²) in [5, 5.41) is 0. The Kier molecular flexibility index (Phi) is 5.71. The molecule has 0 bridgehead atoms. The van der Waals surface area contributed by atoms with Crippen LogP contribution < -0.4 is 10.6 Å². The van der Waals surface area contributed by atoms with Crippen LogP contribution in [0.1, 0.15) is 13.8 Å². The highest BCUT2D eigenvalue weighted by atomic mass is 127. The van der Waals surface area contributed by atoms with Crippen molar-refractivity contribution in [3.05, 3.63) is 21.8 Å². The zero-order valence-corrected chi connectivity index (χ0v) is 13.3. The first-order valence-electron chi connectivity index (χ1n) is 6.03. The quantitative estimate of drug-likeness (QED) is 0.646. The Bertz CT molecular complexity index is 419. The van der Waals surface area contributed by atoms with Gasteiger partial charge in [0, 0.05) is 29.4 Å². The molecule has 1 rings (SSSR count). The van der Waals surface area contributed by atoms with Crippen LogP contribution in [0.15, 0.2) is 18.2 Å². The summed E-state index contributed by atoms with van der Waals surface area (Å²) >= 11 is 2.24. The number of likely N-dealkylation sites (N-methyl/N-ethyl adjacent to an activating group) is 2. The topological polar surface area (TPSA) is 49.6 Å². The Morgan fingerprint density at radius 3 is 2.44 bits per heavy atom. The molecule has 5 heteroatoms. The number of anilines is 2. The molecule has 4 nitrogen and oxygen atoms in total. The minimum atomic E-state index is 0.148. The number of nitrogens with two attached hydrogens (primary N) is 1. The molecule has 18 heavy (non-hydrogen) atoms. The van der Waals surface area contributed by atoms with E-state index in [2.05, 4.69) is 22.6 Å². The molecule has 0 heterocycles. The van der Waals surface area contributed by atoms with Gasteiger partial charge in [-0.3, -0.25) is 4.79 Å². The van der Waals surface area contributed by atoms with Crippen LogP contribution in [0.4, 0.5) is 11.4 Å². The summed E-state index contributed by atoms with van der Waals surface area (Å²) in [6.45, 7) is 5.88. The molecule has 0 atom stereocenters. The summed E-state index contributed by atoms with van der Waals surface area (Å²) in [6.07, 6.45) is 0. The number of carbonyl (C=O) groups excluding carboxylic acids is 1. The molecular formula is C13H20IN3O. The van der Waals surface area contributed by atoms with Crippen molar-refractivity contribution in [2.24, 2.45) is 0 Å². The summed E-state index contributed by atoms with van der Waals surface area (Å²) in [4.78, 5) is 15.8. The van der Waals surface area contributed by atoms with Crippen LogP contribution in [0.5, 0.6) is 0 Å². The average Bonchev–Trinajstić information content (AvgIpc) is 2.30. The van der Waals surface area contributed by atoms with Gasteiger partial charge in [-0.05, 0) is 54.6 Å². The maximum absolute atomic E-state index is 12.0. The first-order chi connectivity index (χ1) is 8.49. The van der Waals surface area contributed by atoms with Crippen molar-refractivity contribution in [2.45, 2.75) is 13.8 Å². The number of benzene rings is 1. The monoisotopic (exact) mass is 361 g/mol. The molecule has 0 aliphatic heterocycles. The van der Waals surface area contributed by atoms with E-state index in [4.69, 9.17) is 5.73 Å². The molecule has 0 aromatic heterocycles. The Hall–Kier alpha value is -0.980. The van der Waals surface area contributed by atoms with Crippen LogP contribution in [0.2, 0.25) is 0 Å². The molecule has 2 N–H and O–H groups in total. The van der Waals surface area contributed by atoms with E-state index < -0.39 is 0 Å². The molecule has 0 fully saturated rings. The smallest absolute Gasteiger partial charge is 0.242 e. The fraction of sp³-hybridized carbons (Fsp3) is 0.462. The van der Waals surface area contributed by atoms with Crippen molar-refractivity contribution in [1.82, 2.24) is 4.90 Å². The van der Waals surface area contributed by atoms with Gasteiger partial charge in [-0.1, -0.05) is 0 Å². The van der Waals surface area contributed by atoms with E-state index in [0.29, 0.717) is 6.54 Å². The summed E-state index contributed by atoms with van der Waals surface area (Å²) < 4.78 is 1.06. The van der Waals surface area contributed by atoms with Gasteiger partial charge < -0.3 is 15.5 Å². The summed E-state index contributed by atoms with van der Waals surface area (Å²) in [7, 11) is 1.93. The lowest BCUT2D eigenvalue weighted by atomic mass is 10.2. The van der Waals surface area contributed by atoms with E-state index in [9.17, 15) is 4.79 Å². The van der Waals surface area contributed by atoms with E-state index >= 15 is 0 Å². The average molecular weight is 361 g/mol. The molecule has 0 aliphatic carbocycles. The maximum Gasteiger partial charge on any atom is 0.242 e. The predicted molar refractivity (Wildman–Crippen MR) is 84.8 cm³/mol. The molecular weight excluding hydrogens is 341 g/mol. The molecule has 0 aliphatic rings. The van der Waals surface area contributed by atoms with E-state index in [1.807, 2.05) is 48.9 Å². The van der Waals surface area contributed by atoms with E-state index in [0.717, 1.165) is 28.0 Å². The number of hydrogen-bond donors (Lipinski definition) is 1. The predicted octanol–water partition coefficient (Wildman–Crippen LogP) is 2.18. The van der Waals surface area contributed by atoms with E-state index in [1.165, 1.54) is 0 Å². The molecule has 0 saturated carbocycles. The van der Waals surface area contributed by atoms with E-state index in [-0.39, 0.29) is 5.91 Å². The molecule has 1 aromatic carbocycles. The molecule has 0 spiro atoms. The van der Waals surface area contributed by atoms with Crippen molar-refractivity contribution < 1.29 is 4.79 Å². The van der Waals surface area contributed by atoms with Gasteiger partial charge in [0.25, 0.3) is 0 Å². The van der Waals surface area contributed by atoms with E-state index in [1.54, 1.807) is 0 Å². The van der Waals surface area contributed by atoms with Crippen LogP contribution in [0, 0.1) is 3.57 Å². The Labute approximate surface area is 122 Å². The van der Waals surface area contributed by atoms with Crippen LogP contribution in [0.3, 0.4) is 0 Å². The second-order valence-corrected chi connectivity index (χ2v) is 5.30. The standard InChI is InChI=1S/C13H20IN3O/c1-4-17(5-2)13(18)9-16(3)12-7-6-10(15)8-11(12)14/h6-8H,4-5,9,15H2,1-3H3. The van der Waals surface area contributed by atoms with Gasteiger partial charge >= 0.3 is 0 Å². The lowest BCUT2D eigenvalue weighted by Crippen LogP contribution is -2.39. The number of hydrogen-bond acceptors (Lipinski definition) is 3. The van der Waals surface area contributed by atoms with Gasteiger partial charge in [0.2, 0.25) is 5.91 Å². The highest BCUT2D eigenvalue weighted by Crippen LogP contribution is 2.23. The maximum atomic E-state index is 12.0. The molecule has 0 unspecified atom stereocenters. The second kappa shape index (κ2) is 6.82. The largest absolute Gasteiger partial charge is 0.399 e. The number of carbonyl (C=O) groups is 1. The Morgan fingerprint density at radius 2 is 1.94 bits per heavy atom. The lowest BCUT2D eigenvalue weighted by Gasteiger charge is -2.25. The van der Waals surface area contributed by atoms with Gasteiger partial charge in [0.05, 0.1) is 12.2 Å². The van der Waals surface area contributed by atoms with Gasteiger partial charge in [0.15, 0.2) is 0 Å². The SMILES string of the molecule is CCN(CC)C(=O)CN(C)c1ccc(N)cc1I. The second-order valence-electron chi connectivity index (χ2n) is 4.13. The number of amides is 1. The van der Waals surface area contributed by atoms with Crippen molar-refractivity contribution >= 4 is 39.9 Å². The fourth-order valence-corrected chi connectivity index (χ4v) is 2.75. The van der Waals surface area contributed by atoms with Gasteiger partial charge in [-0.2, -0.15) is 0 Å². The third-order valence-corrected chi connectivity index (χ3v) is 3.74. The van der Waals surface area contributed by atoms with Gasteiger partial charge in [-0.15, -0.1) is 0 Å². The zero-order chi connectivity index (χ0) is 13.7. The molecule has 1 aromatic rings. The minimum absolute atomic E-state index is 0.148. The van der Waals surface area contributed by atoms with Crippen LogP contribution >= 0.6 is 22.6 Å². The summed E-state index contributed by atoms with van der Waals surface area (Å²) in [6, 6.07) is 5.72. The lowest BCUT2D eigenvalue weighted by molar-refractivity contribution is -0.129. The van der Waals surface area contributed by atoms with Crippen molar-refractivity contribution in [3.8, 4) is 0 Å². The summed E-state index contributed by atoms with van der Waals surface area (Å²) in [5.41, 5.74) is 7.50. The number of nitrogen functional groups attached to an aromatic ring is 1. The Morgan fingerprint density at radius 1 is 1.33 bits per heavy atom. The molecule has 0 saturated heterocycles. The molecule has 0 radical (unpaired) electrons. The Balaban J connectivity index is 2.76.